The average Bonchev–Trinajstić information content (AvgIpc) is 3.11. The van der Waals surface area contributed by atoms with Crippen molar-refractivity contribution < 1.29 is 14.0 Å². The zero-order chi connectivity index (χ0) is 23.9. The van der Waals surface area contributed by atoms with E-state index in [-0.39, 0.29) is 22.9 Å². The number of halogens is 2. The van der Waals surface area contributed by atoms with E-state index < -0.39 is 11.2 Å². The molecule has 2 heterocycles. The minimum Gasteiger partial charge on any atom is -0.349 e. The van der Waals surface area contributed by atoms with Crippen molar-refractivity contribution in [2.75, 3.05) is 5.01 Å². The van der Waals surface area contributed by atoms with E-state index in [4.69, 9.17) is 11.6 Å². The van der Waals surface area contributed by atoms with Crippen molar-refractivity contribution in [1.29, 1.82) is 0 Å². The van der Waals surface area contributed by atoms with Gasteiger partial charge in [0.25, 0.3) is 11.8 Å². The fourth-order valence-corrected chi connectivity index (χ4v) is 5.37. The van der Waals surface area contributed by atoms with Gasteiger partial charge in [-0.25, -0.2) is 4.39 Å². The lowest BCUT2D eigenvalue weighted by Gasteiger charge is -2.36. The van der Waals surface area contributed by atoms with Gasteiger partial charge in [0.2, 0.25) is 0 Å². The van der Waals surface area contributed by atoms with Crippen molar-refractivity contribution in [2.45, 2.75) is 45.1 Å². The van der Waals surface area contributed by atoms with E-state index in [0.717, 1.165) is 11.1 Å². The lowest BCUT2D eigenvalue weighted by atomic mass is 9.68. The first-order valence-electron chi connectivity index (χ1n) is 11.4. The van der Waals surface area contributed by atoms with E-state index in [1.165, 1.54) is 23.2 Å². The van der Waals surface area contributed by atoms with E-state index in [2.05, 4.69) is 15.4 Å². The Hall–Kier alpha value is -3.32. The summed E-state index contributed by atoms with van der Waals surface area (Å²) in [5.41, 5.74) is 1.70. The molecule has 0 saturated heterocycles. The number of hydrogen-bond acceptors (Lipinski definition) is 4. The number of para-hydroxylation sites is 1. The minimum atomic E-state index is -0.714. The van der Waals surface area contributed by atoms with Gasteiger partial charge in [-0.1, -0.05) is 36.7 Å². The number of amides is 2. The van der Waals surface area contributed by atoms with Gasteiger partial charge >= 0.3 is 0 Å². The molecule has 0 atom stereocenters. The molecule has 2 aliphatic rings. The van der Waals surface area contributed by atoms with E-state index in [1.807, 2.05) is 31.2 Å². The third-order valence-electron chi connectivity index (χ3n) is 6.90. The maximum Gasteiger partial charge on any atom is 0.259 e. The summed E-state index contributed by atoms with van der Waals surface area (Å²) in [5, 5.41) is 10.1. The standard InChI is InChI=1S/C26H24ClFN4O2/c1-2-22-26(25(34)32(31-22)21-9-8-17(28)15-20(21)27)12-10-18(11-13-26)30-24(33)19-7-3-5-16-6-4-14-29-23(16)19/h3-9,14-15,18H,2,10-13H2,1H3,(H,30,33). The molecule has 174 valence electrons. The normalized spacial score (nSPS) is 22.3. The molecule has 0 bridgehead atoms. The van der Waals surface area contributed by atoms with Crippen LogP contribution in [0.3, 0.4) is 0 Å². The molecule has 8 heteroatoms. The number of hydrogen-bond donors (Lipinski definition) is 1. The van der Waals surface area contributed by atoms with Crippen molar-refractivity contribution in [3.8, 4) is 0 Å². The van der Waals surface area contributed by atoms with Crippen LogP contribution in [0.5, 0.6) is 0 Å². The van der Waals surface area contributed by atoms with Crippen molar-refractivity contribution in [1.82, 2.24) is 10.3 Å². The Bertz CT molecular complexity index is 1310. The highest BCUT2D eigenvalue weighted by atomic mass is 35.5. The highest BCUT2D eigenvalue weighted by Gasteiger charge is 2.52. The van der Waals surface area contributed by atoms with Crippen LogP contribution in [0.1, 0.15) is 49.4 Å². The maximum absolute atomic E-state index is 13.5. The van der Waals surface area contributed by atoms with Crippen molar-refractivity contribution in [3.05, 3.63) is 71.1 Å². The largest absolute Gasteiger partial charge is 0.349 e. The first kappa shape index (κ1) is 22.5. The summed E-state index contributed by atoms with van der Waals surface area (Å²) in [6.07, 6.45) is 4.76. The molecule has 1 saturated carbocycles. The topological polar surface area (TPSA) is 74.7 Å². The van der Waals surface area contributed by atoms with E-state index in [0.29, 0.717) is 48.9 Å². The Morgan fingerprint density at radius 1 is 1.21 bits per heavy atom. The molecule has 2 amide bonds. The number of aromatic nitrogens is 1. The molecule has 2 aromatic carbocycles. The molecule has 3 aromatic rings. The zero-order valence-corrected chi connectivity index (χ0v) is 19.5. The number of nitrogens with one attached hydrogen (secondary N) is 1. The van der Waals surface area contributed by atoms with Crippen LogP contribution in [0.25, 0.3) is 10.9 Å². The molecule has 5 rings (SSSR count). The summed E-state index contributed by atoms with van der Waals surface area (Å²) in [5.74, 6) is -0.763. The van der Waals surface area contributed by atoms with E-state index in [9.17, 15) is 14.0 Å². The van der Waals surface area contributed by atoms with E-state index >= 15 is 0 Å². The van der Waals surface area contributed by atoms with Gasteiger partial charge in [0.15, 0.2) is 0 Å². The molecular formula is C26H24ClFN4O2. The van der Waals surface area contributed by atoms with Gasteiger partial charge in [0, 0.05) is 17.6 Å². The highest BCUT2D eigenvalue weighted by molar-refractivity contribution is 6.34. The number of fused-ring (bicyclic) bond motifs is 1. The van der Waals surface area contributed by atoms with Gasteiger partial charge < -0.3 is 5.32 Å². The highest BCUT2D eigenvalue weighted by Crippen LogP contribution is 2.46. The second-order valence-corrected chi connectivity index (χ2v) is 9.23. The SMILES string of the molecule is CCC1=NN(c2ccc(F)cc2Cl)C(=O)C12CCC(NC(=O)c1cccc3cccnc13)CC2. The number of carbonyl (C=O) groups is 2. The fourth-order valence-electron chi connectivity index (χ4n) is 5.12. The number of hydrazone groups is 1. The quantitative estimate of drug-likeness (QED) is 0.538. The molecular weight excluding hydrogens is 455 g/mol. The Balaban J connectivity index is 1.32. The summed E-state index contributed by atoms with van der Waals surface area (Å²) < 4.78 is 13.5. The van der Waals surface area contributed by atoms with Crippen molar-refractivity contribution in [3.63, 3.8) is 0 Å². The lowest BCUT2D eigenvalue weighted by molar-refractivity contribution is -0.125. The summed E-state index contributed by atoms with van der Waals surface area (Å²) >= 11 is 6.22. The van der Waals surface area contributed by atoms with Crippen LogP contribution in [-0.2, 0) is 4.79 Å². The van der Waals surface area contributed by atoms with Gasteiger partial charge in [0.05, 0.1) is 32.9 Å². The Kier molecular flexibility index (Phi) is 5.81. The third kappa shape index (κ3) is 3.74. The van der Waals surface area contributed by atoms with Crippen LogP contribution >= 0.6 is 11.6 Å². The van der Waals surface area contributed by atoms with Crippen LogP contribution in [0, 0.1) is 11.2 Å². The van der Waals surface area contributed by atoms with Gasteiger partial charge in [-0.05, 0) is 62.4 Å². The number of benzene rings is 2. The third-order valence-corrected chi connectivity index (χ3v) is 7.20. The number of pyridine rings is 1. The fraction of sp³-hybridized carbons (Fsp3) is 0.308. The van der Waals surface area contributed by atoms with Gasteiger partial charge in [-0.3, -0.25) is 14.6 Å². The molecule has 0 radical (unpaired) electrons. The average molecular weight is 479 g/mol. The number of anilines is 1. The summed E-state index contributed by atoms with van der Waals surface area (Å²) in [6.45, 7) is 1.98. The summed E-state index contributed by atoms with van der Waals surface area (Å²) in [7, 11) is 0. The number of nitrogens with zero attached hydrogens (tertiary/aromatic N) is 3. The smallest absolute Gasteiger partial charge is 0.259 e. The summed E-state index contributed by atoms with van der Waals surface area (Å²) in [6, 6.07) is 13.2. The first-order chi connectivity index (χ1) is 16.4. The molecule has 0 unspecified atom stereocenters. The van der Waals surface area contributed by atoms with Gasteiger partial charge in [0.1, 0.15) is 5.82 Å². The molecule has 1 spiro atoms. The Morgan fingerprint density at radius 2 is 1.97 bits per heavy atom. The Morgan fingerprint density at radius 3 is 2.71 bits per heavy atom. The predicted octanol–water partition coefficient (Wildman–Crippen LogP) is 5.50. The van der Waals surface area contributed by atoms with Crippen molar-refractivity contribution in [2.24, 2.45) is 10.5 Å². The zero-order valence-electron chi connectivity index (χ0n) is 18.7. The van der Waals surface area contributed by atoms with Gasteiger partial charge in [-0.15, -0.1) is 0 Å². The second kappa shape index (κ2) is 8.80. The molecule has 34 heavy (non-hydrogen) atoms. The van der Waals surface area contributed by atoms with Crippen LogP contribution in [-0.4, -0.2) is 28.6 Å². The number of rotatable bonds is 4. The van der Waals surface area contributed by atoms with Crippen LogP contribution < -0.4 is 10.3 Å². The van der Waals surface area contributed by atoms with Crippen LogP contribution in [0.2, 0.25) is 5.02 Å². The van der Waals surface area contributed by atoms with Crippen molar-refractivity contribution >= 4 is 45.7 Å². The predicted molar refractivity (Wildman–Crippen MR) is 131 cm³/mol. The molecule has 1 aliphatic heterocycles. The molecule has 1 aromatic heterocycles. The van der Waals surface area contributed by atoms with Crippen LogP contribution in [0.15, 0.2) is 59.8 Å². The molecule has 1 aliphatic carbocycles. The molecule has 1 N–H and O–H groups in total. The van der Waals surface area contributed by atoms with E-state index in [1.54, 1.807) is 12.3 Å². The second-order valence-electron chi connectivity index (χ2n) is 8.82. The molecule has 1 fully saturated rings. The lowest BCUT2D eigenvalue weighted by Crippen LogP contribution is -2.47. The first-order valence-corrected chi connectivity index (χ1v) is 11.8. The Labute approximate surface area is 201 Å². The monoisotopic (exact) mass is 478 g/mol. The minimum absolute atomic E-state index is 0.0496. The van der Waals surface area contributed by atoms with Crippen LogP contribution in [0.4, 0.5) is 10.1 Å². The number of carbonyl (C=O) groups excluding carboxylic acids is 2. The molecule has 6 nitrogen and oxygen atoms in total. The van der Waals surface area contributed by atoms with Gasteiger partial charge in [-0.2, -0.15) is 10.1 Å². The maximum atomic E-state index is 13.5. The summed E-state index contributed by atoms with van der Waals surface area (Å²) in [4.78, 5) is 31.0.